The van der Waals surface area contributed by atoms with Crippen LogP contribution in [0.3, 0.4) is 0 Å². The lowest BCUT2D eigenvalue weighted by atomic mass is 10.2. The van der Waals surface area contributed by atoms with Crippen molar-refractivity contribution in [2.75, 3.05) is 0 Å². The summed E-state index contributed by atoms with van der Waals surface area (Å²) >= 11 is 1.67. The van der Waals surface area contributed by atoms with Crippen molar-refractivity contribution in [2.24, 2.45) is 0 Å². The van der Waals surface area contributed by atoms with Crippen molar-refractivity contribution in [3.05, 3.63) is 52.0 Å². The highest BCUT2D eigenvalue weighted by Crippen LogP contribution is 2.21. The molecule has 1 aromatic carbocycles. The molecule has 0 aliphatic heterocycles. The molecule has 0 aliphatic rings. The van der Waals surface area contributed by atoms with Gasteiger partial charge in [-0.2, -0.15) is 0 Å². The van der Waals surface area contributed by atoms with Gasteiger partial charge in [0, 0.05) is 23.0 Å². The molecule has 1 aromatic heterocycles. The van der Waals surface area contributed by atoms with Gasteiger partial charge in [-0.3, -0.25) is 0 Å². The first-order valence-electron chi connectivity index (χ1n) is 5.41. The maximum Gasteiger partial charge on any atom is 0.123 e. The lowest BCUT2D eigenvalue weighted by molar-refractivity contribution is 0.457. The Hall–Kier alpha value is -1.39. The van der Waals surface area contributed by atoms with Gasteiger partial charge in [-0.05, 0) is 36.6 Å². The van der Waals surface area contributed by atoms with E-state index >= 15 is 0 Å². The van der Waals surface area contributed by atoms with Crippen molar-refractivity contribution in [2.45, 2.75) is 19.5 Å². The average Bonchev–Trinajstić information content (AvgIpc) is 2.83. The second-order valence-corrected chi connectivity index (χ2v) is 4.87. The second-order valence-electron chi connectivity index (χ2n) is 3.89. The Labute approximate surface area is 104 Å². The molecule has 17 heavy (non-hydrogen) atoms. The fourth-order valence-electron chi connectivity index (χ4n) is 1.60. The lowest BCUT2D eigenvalue weighted by Gasteiger charge is -2.12. The molecule has 2 N–H and O–H groups in total. The van der Waals surface area contributed by atoms with Gasteiger partial charge in [0.05, 0.1) is 0 Å². The third kappa shape index (κ3) is 3.05. The van der Waals surface area contributed by atoms with Crippen LogP contribution in [0.4, 0.5) is 4.39 Å². The summed E-state index contributed by atoms with van der Waals surface area (Å²) < 4.78 is 13.0. The number of hydrogen-bond donors (Lipinski definition) is 2. The van der Waals surface area contributed by atoms with E-state index in [1.54, 1.807) is 11.3 Å². The van der Waals surface area contributed by atoms with Gasteiger partial charge in [0.15, 0.2) is 0 Å². The van der Waals surface area contributed by atoms with Crippen molar-refractivity contribution in [3.8, 4) is 5.75 Å². The number of halogens is 1. The number of hydrogen-bond acceptors (Lipinski definition) is 3. The standard InChI is InChI=1S/C13H14FNOS/c1-9(13-3-2-6-17-13)15-8-10-7-11(14)4-5-12(10)16/h2-7,9,15-16H,8H2,1H3. The molecule has 0 amide bonds. The van der Waals surface area contributed by atoms with E-state index in [2.05, 4.69) is 5.32 Å². The van der Waals surface area contributed by atoms with Crippen molar-refractivity contribution < 1.29 is 9.50 Å². The van der Waals surface area contributed by atoms with Crippen LogP contribution in [0.1, 0.15) is 23.4 Å². The van der Waals surface area contributed by atoms with E-state index in [1.807, 2.05) is 24.4 Å². The summed E-state index contributed by atoms with van der Waals surface area (Å²) in [6.45, 7) is 2.49. The van der Waals surface area contributed by atoms with E-state index in [4.69, 9.17) is 0 Å². The minimum Gasteiger partial charge on any atom is -0.508 e. The average molecular weight is 251 g/mol. The SMILES string of the molecule is CC(NCc1cc(F)ccc1O)c1cccs1. The molecule has 4 heteroatoms. The molecule has 2 nitrogen and oxygen atoms in total. The topological polar surface area (TPSA) is 32.3 Å². The monoisotopic (exact) mass is 251 g/mol. The summed E-state index contributed by atoms with van der Waals surface area (Å²) in [5.74, 6) is -0.208. The van der Waals surface area contributed by atoms with E-state index in [9.17, 15) is 9.50 Å². The number of thiophene rings is 1. The Balaban J connectivity index is 2.00. The number of rotatable bonds is 4. The van der Waals surface area contributed by atoms with Crippen LogP contribution in [0, 0.1) is 5.82 Å². The summed E-state index contributed by atoms with van der Waals surface area (Å²) in [7, 11) is 0. The molecule has 1 unspecified atom stereocenters. The predicted octanol–water partition coefficient (Wildman–Crippen LogP) is 3.44. The Morgan fingerprint density at radius 2 is 2.24 bits per heavy atom. The Bertz CT molecular complexity index is 484. The van der Waals surface area contributed by atoms with E-state index in [1.165, 1.54) is 23.1 Å². The number of phenols is 1. The Morgan fingerprint density at radius 1 is 1.41 bits per heavy atom. The smallest absolute Gasteiger partial charge is 0.123 e. The maximum absolute atomic E-state index is 13.0. The van der Waals surface area contributed by atoms with Gasteiger partial charge < -0.3 is 10.4 Å². The zero-order chi connectivity index (χ0) is 12.3. The third-order valence-electron chi connectivity index (χ3n) is 2.61. The van der Waals surface area contributed by atoms with E-state index < -0.39 is 0 Å². The van der Waals surface area contributed by atoms with Crippen LogP contribution in [0.5, 0.6) is 5.75 Å². The predicted molar refractivity (Wildman–Crippen MR) is 67.6 cm³/mol. The summed E-state index contributed by atoms with van der Waals surface area (Å²) in [5, 5.41) is 14.8. The van der Waals surface area contributed by atoms with Gasteiger partial charge in [-0.15, -0.1) is 11.3 Å². The van der Waals surface area contributed by atoms with E-state index in [-0.39, 0.29) is 17.6 Å². The first-order chi connectivity index (χ1) is 8.16. The maximum atomic E-state index is 13.0. The molecule has 1 atom stereocenters. The van der Waals surface area contributed by atoms with Crippen molar-refractivity contribution in [3.63, 3.8) is 0 Å². The van der Waals surface area contributed by atoms with Crippen molar-refractivity contribution in [1.82, 2.24) is 5.32 Å². The highest BCUT2D eigenvalue weighted by molar-refractivity contribution is 7.10. The summed E-state index contributed by atoms with van der Waals surface area (Å²) in [6, 6.07) is 8.22. The number of benzene rings is 1. The first kappa shape index (κ1) is 12.1. The minimum absolute atomic E-state index is 0.122. The normalized spacial score (nSPS) is 12.6. The van der Waals surface area contributed by atoms with Gasteiger partial charge in [0.25, 0.3) is 0 Å². The summed E-state index contributed by atoms with van der Waals surface area (Å²) in [4.78, 5) is 1.22. The fraction of sp³-hybridized carbons (Fsp3) is 0.231. The van der Waals surface area contributed by atoms with Crippen LogP contribution in [0.25, 0.3) is 0 Å². The summed E-state index contributed by atoms with van der Waals surface area (Å²) in [6.07, 6.45) is 0. The highest BCUT2D eigenvalue weighted by atomic mass is 32.1. The van der Waals surface area contributed by atoms with Crippen molar-refractivity contribution in [1.29, 1.82) is 0 Å². The molecule has 0 fully saturated rings. The molecule has 0 saturated carbocycles. The molecular formula is C13H14FNOS. The van der Waals surface area contributed by atoms with Gasteiger partial charge in [0.1, 0.15) is 11.6 Å². The zero-order valence-electron chi connectivity index (χ0n) is 9.48. The van der Waals surface area contributed by atoms with Crippen LogP contribution in [-0.4, -0.2) is 5.11 Å². The second kappa shape index (κ2) is 5.29. The first-order valence-corrected chi connectivity index (χ1v) is 6.29. The molecule has 1 heterocycles. The molecule has 0 spiro atoms. The number of aromatic hydroxyl groups is 1. The van der Waals surface area contributed by atoms with E-state index in [0.29, 0.717) is 12.1 Å². The number of nitrogens with one attached hydrogen (secondary N) is 1. The van der Waals surface area contributed by atoms with Crippen LogP contribution in [0.15, 0.2) is 35.7 Å². The minimum atomic E-state index is -0.330. The largest absolute Gasteiger partial charge is 0.508 e. The van der Waals surface area contributed by atoms with Gasteiger partial charge in [-0.25, -0.2) is 4.39 Å². The molecule has 2 rings (SSSR count). The van der Waals surface area contributed by atoms with Gasteiger partial charge >= 0.3 is 0 Å². The lowest BCUT2D eigenvalue weighted by Crippen LogP contribution is -2.17. The molecule has 90 valence electrons. The molecular weight excluding hydrogens is 237 g/mol. The Morgan fingerprint density at radius 3 is 2.94 bits per heavy atom. The van der Waals surface area contributed by atoms with Gasteiger partial charge in [-0.1, -0.05) is 6.07 Å². The molecule has 2 aromatic rings. The van der Waals surface area contributed by atoms with Crippen LogP contribution in [-0.2, 0) is 6.54 Å². The van der Waals surface area contributed by atoms with Crippen molar-refractivity contribution >= 4 is 11.3 Å². The molecule has 0 saturated heterocycles. The van der Waals surface area contributed by atoms with Crippen LogP contribution in [0.2, 0.25) is 0 Å². The zero-order valence-corrected chi connectivity index (χ0v) is 10.3. The molecule has 0 radical (unpaired) electrons. The van der Waals surface area contributed by atoms with Crippen LogP contribution < -0.4 is 5.32 Å². The third-order valence-corrected chi connectivity index (χ3v) is 3.67. The fourth-order valence-corrected chi connectivity index (χ4v) is 2.36. The van der Waals surface area contributed by atoms with Crippen LogP contribution >= 0.6 is 11.3 Å². The molecule has 0 bridgehead atoms. The van der Waals surface area contributed by atoms with Gasteiger partial charge in [0.2, 0.25) is 0 Å². The molecule has 0 aliphatic carbocycles. The quantitative estimate of drug-likeness (QED) is 0.872. The summed E-state index contributed by atoms with van der Waals surface area (Å²) in [5.41, 5.74) is 0.577. The van der Waals surface area contributed by atoms with E-state index in [0.717, 1.165) is 0 Å². The number of phenolic OH excluding ortho intramolecular Hbond substituents is 1. The highest BCUT2D eigenvalue weighted by Gasteiger charge is 2.08. The Kier molecular flexibility index (Phi) is 3.76.